The molecule has 1 aromatic rings. The Labute approximate surface area is 103 Å². The number of rotatable bonds is 2. The smallest absolute Gasteiger partial charge is 0.317 e. The maximum atomic E-state index is 12.3. The van der Waals surface area contributed by atoms with Crippen molar-refractivity contribution >= 4 is 5.97 Å². The first-order valence-corrected chi connectivity index (χ1v) is 6.23. The molecule has 0 aromatic heterocycles. The summed E-state index contributed by atoms with van der Waals surface area (Å²) in [6.45, 7) is 5.76. The van der Waals surface area contributed by atoms with E-state index < -0.39 is 5.60 Å². The van der Waals surface area contributed by atoms with Crippen molar-refractivity contribution in [1.29, 1.82) is 0 Å². The van der Waals surface area contributed by atoms with Gasteiger partial charge in [-0.15, -0.1) is 0 Å². The van der Waals surface area contributed by atoms with Crippen LogP contribution in [0.4, 0.5) is 0 Å². The lowest BCUT2D eigenvalue weighted by Gasteiger charge is -2.41. The Kier molecular flexibility index (Phi) is 2.98. The van der Waals surface area contributed by atoms with Gasteiger partial charge in [0.2, 0.25) is 0 Å². The van der Waals surface area contributed by atoms with Gasteiger partial charge >= 0.3 is 5.97 Å². The topological polar surface area (TPSA) is 26.3 Å². The van der Waals surface area contributed by atoms with Crippen LogP contribution in [-0.2, 0) is 14.9 Å². The minimum atomic E-state index is -0.408. The Morgan fingerprint density at radius 3 is 2.18 bits per heavy atom. The van der Waals surface area contributed by atoms with Gasteiger partial charge in [0.25, 0.3) is 0 Å². The van der Waals surface area contributed by atoms with Crippen molar-refractivity contribution in [2.24, 2.45) is 0 Å². The molecule has 1 aliphatic carbocycles. The largest absolute Gasteiger partial charge is 0.459 e. The number of hydrogen-bond acceptors (Lipinski definition) is 2. The normalized spacial score (nSPS) is 18.3. The second kappa shape index (κ2) is 4.17. The molecular weight excluding hydrogens is 212 g/mol. The van der Waals surface area contributed by atoms with E-state index >= 15 is 0 Å². The maximum Gasteiger partial charge on any atom is 0.317 e. The van der Waals surface area contributed by atoms with Gasteiger partial charge in [0, 0.05) is 0 Å². The molecular formula is C15H20O2. The highest BCUT2D eigenvalue weighted by molar-refractivity contribution is 5.84. The summed E-state index contributed by atoms with van der Waals surface area (Å²) in [6, 6.07) is 10.0. The highest BCUT2D eigenvalue weighted by Crippen LogP contribution is 2.45. The highest BCUT2D eigenvalue weighted by atomic mass is 16.6. The molecule has 92 valence electrons. The van der Waals surface area contributed by atoms with Crippen LogP contribution in [0.25, 0.3) is 0 Å². The van der Waals surface area contributed by atoms with Gasteiger partial charge < -0.3 is 4.74 Å². The maximum absolute atomic E-state index is 12.3. The zero-order valence-electron chi connectivity index (χ0n) is 10.8. The van der Waals surface area contributed by atoms with Crippen LogP contribution in [0.1, 0.15) is 45.6 Å². The Bertz CT molecular complexity index is 397. The van der Waals surface area contributed by atoms with E-state index in [2.05, 4.69) is 0 Å². The first kappa shape index (κ1) is 12.2. The van der Waals surface area contributed by atoms with Crippen molar-refractivity contribution < 1.29 is 9.53 Å². The van der Waals surface area contributed by atoms with Crippen LogP contribution in [0.5, 0.6) is 0 Å². The number of hydrogen-bond donors (Lipinski definition) is 0. The van der Waals surface area contributed by atoms with Gasteiger partial charge in [-0.05, 0) is 39.2 Å². The molecule has 0 saturated heterocycles. The molecule has 0 radical (unpaired) electrons. The SMILES string of the molecule is CC(C)(C)OC(=O)C1(c2ccccc2)CCC1. The van der Waals surface area contributed by atoms with Gasteiger partial charge in [-0.1, -0.05) is 36.8 Å². The predicted octanol–water partition coefficient (Wildman–Crippen LogP) is 3.45. The lowest BCUT2D eigenvalue weighted by Crippen LogP contribution is -2.46. The van der Waals surface area contributed by atoms with Gasteiger partial charge in [-0.2, -0.15) is 0 Å². The van der Waals surface area contributed by atoms with Gasteiger partial charge in [0.1, 0.15) is 5.60 Å². The number of esters is 1. The summed E-state index contributed by atoms with van der Waals surface area (Å²) in [7, 11) is 0. The molecule has 0 N–H and O–H groups in total. The Morgan fingerprint density at radius 2 is 1.76 bits per heavy atom. The lowest BCUT2D eigenvalue weighted by molar-refractivity contribution is -0.166. The van der Waals surface area contributed by atoms with Crippen molar-refractivity contribution in [3.63, 3.8) is 0 Å². The molecule has 0 atom stereocenters. The van der Waals surface area contributed by atoms with E-state index in [0.717, 1.165) is 24.8 Å². The van der Waals surface area contributed by atoms with Gasteiger partial charge in [-0.3, -0.25) is 4.79 Å². The zero-order chi connectivity index (χ0) is 12.5. The van der Waals surface area contributed by atoms with E-state index in [4.69, 9.17) is 4.74 Å². The van der Waals surface area contributed by atoms with E-state index in [0.29, 0.717) is 0 Å². The number of ether oxygens (including phenoxy) is 1. The van der Waals surface area contributed by atoms with E-state index in [1.54, 1.807) is 0 Å². The lowest BCUT2D eigenvalue weighted by atomic mass is 9.64. The van der Waals surface area contributed by atoms with Crippen LogP contribution >= 0.6 is 0 Å². The van der Waals surface area contributed by atoms with E-state index in [1.807, 2.05) is 51.1 Å². The summed E-state index contributed by atoms with van der Waals surface area (Å²) >= 11 is 0. The van der Waals surface area contributed by atoms with Crippen molar-refractivity contribution in [2.75, 3.05) is 0 Å². The summed E-state index contributed by atoms with van der Waals surface area (Å²) in [5.41, 5.74) is 0.309. The Balaban J connectivity index is 2.24. The molecule has 17 heavy (non-hydrogen) atoms. The molecule has 0 bridgehead atoms. The van der Waals surface area contributed by atoms with E-state index in [-0.39, 0.29) is 11.4 Å². The van der Waals surface area contributed by atoms with Crippen LogP contribution < -0.4 is 0 Å². The molecule has 0 spiro atoms. The molecule has 0 heterocycles. The third-order valence-corrected chi connectivity index (χ3v) is 3.32. The third-order valence-electron chi connectivity index (χ3n) is 3.32. The fraction of sp³-hybridized carbons (Fsp3) is 0.533. The van der Waals surface area contributed by atoms with Gasteiger partial charge in [0.05, 0.1) is 5.41 Å². The fourth-order valence-electron chi connectivity index (χ4n) is 2.27. The molecule has 1 saturated carbocycles. The summed E-state index contributed by atoms with van der Waals surface area (Å²) < 4.78 is 5.56. The summed E-state index contributed by atoms with van der Waals surface area (Å²) in [5, 5.41) is 0. The summed E-state index contributed by atoms with van der Waals surface area (Å²) in [5.74, 6) is -0.0672. The van der Waals surface area contributed by atoms with E-state index in [1.165, 1.54) is 0 Å². The van der Waals surface area contributed by atoms with Crippen LogP contribution in [0.15, 0.2) is 30.3 Å². The van der Waals surface area contributed by atoms with Gasteiger partial charge in [-0.25, -0.2) is 0 Å². The quantitative estimate of drug-likeness (QED) is 0.730. The molecule has 1 aromatic carbocycles. The molecule has 0 unspecified atom stereocenters. The predicted molar refractivity (Wildman–Crippen MR) is 67.8 cm³/mol. The van der Waals surface area contributed by atoms with Gasteiger partial charge in [0.15, 0.2) is 0 Å². The summed E-state index contributed by atoms with van der Waals surface area (Å²) in [4.78, 5) is 12.3. The molecule has 2 heteroatoms. The number of benzene rings is 1. The fourth-order valence-corrected chi connectivity index (χ4v) is 2.27. The molecule has 1 fully saturated rings. The number of carbonyl (C=O) groups excluding carboxylic acids is 1. The standard InChI is InChI=1S/C15H20O2/c1-14(2,3)17-13(16)15(10-7-11-15)12-8-5-4-6-9-12/h4-6,8-9H,7,10-11H2,1-3H3. The Hall–Kier alpha value is -1.31. The first-order valence-electron chi connectivity index (χ1n) is 6.23. The van der Waals surface area contributed by atoms with Crippen LogP contribution in [0.3, 0.4) is 0 Å². The van der Waals surface area contributed by atoms with Crippen LogP contribution in [0.2, 0.25) is 0 Å². The second-order valence-corrected chi connectivity index (χ2v) is 5.80. The second-order valence-electron chi connectivity index (χ2n) is 5.80. The first-order chi connectivity index (χ1) is 7.94. The zero-order valence-corrected chi connectivity index (χ0v) is 10.8. The van der Waals surface area contributed by atoms with E-state index in [9.17, 15) is 4.79 Å². The Morgan fingerprint density at radius 1 is 1.18 bits per heavy atom. The summed E-state index contributed by atoms with van der Waals surface area (Å²) in [6.07, 6.45) is 2.92. The molecule has 1 aliphatic rings. The molecule has 2 rings (SSSR count). The highest BCUT2D eigenvalue weighted by Gasteiger charge is 2.47. The van der Waals surface area contributed by atoms with Crippen LogP contribution in [0, 0.1) is 0 Å². The van der Waals surface area contributed by atoms with Crippen LogP contribution in [-0.4, -0.2) is 11.6 Å². The molecule has 2 nitrogen and oxygen atoms in total. The molecule has 0 amide bonds. The van der Waals surface area contributed by atoms with Crippen molar-refractivity contribution in [3.05, 3.63) is 35.9 Å². The monoisotopic (exact) mass is 232 g/mol. The minimum absolute atomic E-state index is 0.0672. The third kappa shape index (κ3) is 2.36. The minimum Gasteiger partial charge on any atom is -0.459 e. The van der Waals surface area contributed by atoms with Crippen molar-refractivity contribution in [2.45, 2.75) is 51.0 Å². The average molecular weight is 232 g/mol. The average Bonchev–Trinajstić information content (AvgIpc) is 2.14. The van der Waals surface area contributed by atoms with Crippen molar-refractivity contribution in [3.8, 4) is 0 Å². The van der Waals surface area contributed by atoms with Crippen molar-refractivity contribution in [1.82, 2.24) is 0 Å². The molecule has 0 aliphatic heterocycles. The number of carbonyl (C=O) groups is 1.